The fraction of sp³-hybridized carbons (Fsp3) is 0.412. The van der Waals surface area contributed by atoms with Crippen molar-refractivity contribution in [3.05, 3.63) is 41.2 Å². The zero-order chi connectivity index (χ0) is 14.7. The van der Waals surface area contributed by atoms with Gasteiger partial charge in [-0.2, -0.15) is 0 Å². The first kappa shape index (κ1) is 14.3. The molecule has 0 amide bonds. The Kier molecular flexibility index (Phi) is 4.39. The Balaban J connectivity index is 1.95. The van der Waals surface area contributed by atoms with E-state index in [1.54, 1.807) is 0 Å². The van der Waals surface area contributed by atoms with Crippen molar-refractivity contribution >= 4 is 11.6 Å². The van der Waals surface area contributed by atoms with Gasteiger partial charge in [0.05, 0.1) is 6.61 Å². The highest BCUT2D eigenvalue weighted by Crippen LogP contribution is 2.34. The van der Waals surface area contributed by atoms with Gasteiger partial charge in [0.25, 0.3) is 0 Å². The molecule has 21 heavy (non-hydrogen) atoms. The molecule has 0 spiro atoms. The zero-order valence-electron chi connectivity index (χ0n) is 12.2. The smallest absolute Gasteiger partial charge is 0.161 e. The molecule has 1 aromatic carbocycles. The summed E-state index contributed by atoms with van der Waals surface area (Å²) in [6, 6.07) is 9.77. The lowest BCUT2D eigenvalue weighted by atomic mass is 10.0. The normalized spacial score (nSPS) is 15.3. The predicted octanol–water partition coefficient (Wildman–Crippen LogP) is 4.85. The van der Waals surface area contributed by atoms with Crippen molar-refractivity contribution in [1.82, 2.24) is 9.97 Å². The minimum Gasteiger partial charge on any atom is -0.494 e. The molecule has 0 bridgehead atoms. The van der Waals surface area contributed by atoms with Crippen LogP contribution in [-0.4, -0.2) is 16.6 Å². The average molecular weight is 303 g/mol. The van der Waals surface area contributed by atoms with Gasteiger partial charge >= 0.3 is 0 Å². The summed E-state index contributed by atoms with van der Waals surface area (Å²) in [6.45, 7) is 2.62. The Hall–Kier alpha value is -1.61. The Morgan fingerprint density at radius 3 is 2.76 bits per heavy atom. The molecule has 2 aromatic rings. The molecule has 0 unspecified atom stereocenters. The fourth-order valence-corrected chi connectivity index (χ4v) is 3.08. The number of rotatable bonds is 4. The quantitative estimate of drug-likeness (QED) is 0.757. The Labute approximate surface area is 130 Å². The van der Waals surface area contributed by atoms with E-state index in [1.165, 1.54) is 25.7 Å². The van der Waals surface area contributed by atoms with Crippen molar-refractivity contribution in [3.8, 4) is 17.1 Å². The topological polar surface area (TPSA) is 35.0 Å². The lowest BCUT2D eigenvalue weighted by Crippen LogP contribution is -2.01. The second-order valence-electron chi connectivity index (χ2n) is 5.38. The van der Waals surface area contributed by atoms with Gasteiger partial charge < -0.3 is 4.74 Å². The molecule has 0 radical (unpaired) electrons. The van der Waals surface area contributed by atoms with Crippen LogP contribution >= 0.6 is 11.6 Å². The molecule has 0 aliphatic heterocycles. The second kappa shape index (κ2) is 6.44. The number of aromatic nitrogens is 2. The molecule has 1 fully saturated rings. The maximum Gasteiger partial charge on any atom is 0.161 e. The highest BCUT2D eigenvalue weighted by Gasteiger charge is 2.20. The third-order valence-corrected chi connectivity index (χ3v) is 4.09. The summed E-state index contributed by atoms with van der Waals surface area (Å²) in [5.74, 6) is 2.05. The number of ether oxygens (including phenoxy) is 1. The molecular formula is C17H19ClN2O. The van der Waals surface area contributed by atoms with E-state index in [0.717, 1.165) is 17.0 Å². The van der Waals surface area contributed by atoms with Gasteiger partial charge in [-0.25, -0.2) is 9.97 Å². The summed E-state index contributed by atoms with van der Waals surface area (Å²) >= 11 is 6.20. The van der Waals surface area contributed by atoms with E-state index in [9.17, 15) is 0 Å². The van der Waals surface area contributed by atoms with Crippen LogP contribution < -0.4 is 4.74 Å². The van der Waals surface area contributed by atoms with Crippen LogP contribution in [0, 0.1) is 0 Å². The Bertz CT molecular complexity index is 624. The lowest BCUT2D eigenvalue weighted by molar-refractivity contribution is 0.340. The minimum absolute atomic E-state index is 0.517. The molecule has 110 valence electrons. The highest BCUT2D eigenvalue weighted by atomic mass is 35.5. The molecule has 1 aromatic heterocycles. The number of hydrogen-bond acceptors (Lipinski definition) is 3. The van der Waals surface area contributed by atoms with Gasteiger partial charge in [0, 0.05) is 17.2 Å². The zero-order valence-corrected chi connectivity index (χ0v) is 12.9. The minimum atomic E-state index is 0.517. The van der Waals surface area contributed by atoms with Gasteiger partial charge in [0.15, 0.2) is 5.82 Å². The van der Waals surface area contributed by atoms with Gasteiger partial charge in [0.2, 0.25) is 0 Å². The fourth-order valence-electron chi connectivity index (χ4n) is 2.89. The molecule has 4 heteroatoms. The molecule has 3 rings (SSSR count). The third kappa shape index (κ3) is 3.35. The summed E-state index contributed by atoms with van der Waals surface area (Å²) < 4.78 is 5.54. The lowest BCUT2D eigenvalue weighted by Gasteiger charge is -2.11. The van der Waals surface area contributed by atoms with E-state index in [2.05, 4.69) is 4.98 Å². The summed E-state index contributed by atoms with van der Waals surface area (Å²) in [4.78, 5) is 9.11. The first-order chi connectivity index (χ1) is 10.3. The van der Waals surface area contributed by atoms with Gasteiger partial charge in [-0.1, -0.05) is 36.6 Å². The van der Waals surface area contributed by atoms with Crippen LogP contribution in [-0.2, 0) is 0 Å². The van der Waals surface area contributed by atoms with Crippen molar-refractivity contribution in [1.29, 1.82) is 0 Å². The molecule has 1 aliphatic rings. The SMILES string of the molecule is CCOc1cccc(-c2nc(Cl)cc(C3CCCC3)n2)c1. The van der Waals surface area contributed by atoms with E-state index in [4.69, 9.17) is 21.3 Å². The van der Waals surface area contributed by atoms with Crippen molar-refractivity contribution in [3.63, 3.8) is 0 Å². The van der Waals surface area contributed by atoms with Crippen LogP contribution in [0.3, 0.4) is 0 Å². The Morgan fingerprint density at radius 2 is 2.00 bits per heavy atom. The molecule has 3 nitrogen and oxygen atoms in total. The first-order valence-corrected chi connectivity index (χ1v) is 7.92. The molecule has 1 aliphatic carbocycles. The summed E-state index contributed by atoms with van der Waals surface area (Å²) in [7, 11) is 0. The van der Waals surface area contributed by atoms with Gasteiger partial charge in [-0.05, 0) is 38.0 Å². The van der Waals surface area contributed by atoms with E-state index in [1.807, 2.05) is 37.3 Å². The van der Waals surface area contributed by atoms with Gasteiger partial charge in [0.1, 0.15) is 10.9 Å². The van der Waals surface area contributed by atoms with E-state index < -0.39 is 0 Å². The van der Waals surface area contributed by atoms with Crippen LogP contribution in [0.25, 0.3) is 11.4 Å². The van der Waals surface area contributed by atoms with Crippen molar-refractivity contribution < 1.29 is 4.74 Å². The van der Waals surface area contributed by atoms with Crippen LogP contribution in [0.1, 0.15) is 44.2 Å². The first-order valence-electron chi connectivity index (χ1n) is 7.54. The predicted molar refractivity (Wildman–Crippen MR) is 84.9 cm³/mol. The maximum atomic E-state index is 6.20. The average Bonchev–Trinajstić information content (AvgIpc) is 3.01. The van der Waals surface area contributed by atoms with Crippen molar-refractivity contribution in [2.45, 2.75) is 38.5 Å². The maximum absolute atomic E-state index is 6.20. The number of benzene rings is 1. The van der Waals surface area contributed by atoms with E-state index >= 15 is 0 Å². The van der Waals surface area contributed by atoms with Crippen molar-refractivity contribution in [2.24, 2.45) is 0 Å². The van der Waals surface area contributed by atoms with Gasteiger partial charge in [-0.15, -0.1) is 0 Å². The molecule has 1 heterocycles. The summed E-state index contributed by atoms with van der Waals surface area (Å²) in [5, 5.41) is 0.517. The summed E-state index contributed by atoms with van der Waals surface area (Å²) in [6.07, 6.45) is 4.96. The molecule has 1 saturated carbocycles. The van der Waals surface area contributed by atoms with Crippen LogP contribution in [0.5, 0.6) is 5.75 Å². The molecular weight excluding hydrogens is 284 g/mol. The third-order valence-electron chi connectivity index (χ3n) is 3.89. The summed E-state index contributed by atoms with van der Waals surface area (Å²) in [5.41, 5.74) is 2.02. The number of nitrogens with zero attached hydrogens (tertiary/aromatic N) is 2. The number of halogens is 1. The van der Waals surface area contributed by atoms with Crippen LogP contribution in [0.4, 0.5) is 0 Å². The van der Waals surface area contributed by atoms with E-state index in [0.29, 0.717) is 23.5 Å². The monoisotopic (exact) mass is 302 g/mol. The number of hydrogen-bond donors (Lipinski definition) is 0. The molecule has 0 N–H and O–H groups in total. The standard InChI is InChI=1S/C17H19ClN2O/c1-2-21-14-9-5-8-13(10-14)17-19-15(11-16(18)20-17)12-6-3-4-7-12/h5,8-12H,2-4,6-7H2,1H3. The van der Waals surface area contributed by atoms with Crippen molar-refractivity contribution in [2.75, 3.05) is 6.61 Å². The van der Waals surface area contributed by atoms with Gasteiger partial charge in [-0.3, -0.25) is 0 Å². The largest absolute Gasteiger partial charge is 0.494 e. The second-order valence-corrected chi connectivity index (χ2v) is 5.77. The van der Waals surface area contributed by atoms with Crippen LogP contribution in [0.2, 0.25) is 5.15 Å². The molecule has 0 atom stereocenters. The Morgan fingerprint density at radius 1 is 1.19 bits per heavy atom. The van der Waals surface area contributed by atoms with Crippen LogP contribution in [0.15, 0.2) is 30.3 Å². The molecule has 0 saturated heterocycles. The van der Waals surface area contributed by atoms with E-state index in [-0.39, 0.29) is 0 Å². The highest BCUT2D eigenvalue weighted by molar-refractivity contribution is 6.29.